The van der Waals surface area contributed by atoms with Crippen LogP contribution in [-0.2, 0) is 39.1 Å². The number of rotatable bonds is 7. The number of oxazole rings is 1. The maximum Gasteiger partial charge on any atom is 0.187 e. The fourth-order valence-electron chi connectivity index (χ4n) is 3.13. The van der Waals surface area contributed by atoms with Crippen LogP contribution in [0.15, 0.2) is 89.3 Å². The zero-order valence-corrected chi connectivity index (χ0v) is 19.3. The maximum atomic E-state index is 6.18. The number of aromatic nitrogens is 1. The summed E-state index contributed by atoms with van der Waals surface area (Å²) in [5.74, 6) is 2.37. The topological polar surface area (TPSA) is 35.3 Å². The fraction of sp³-hybridized carbons (Fsp3) is 0.120. The Morgan fingerprint density at radius 2 is 1.55 bits per heavy atom. The number of ether oxygens (including phenoxy) is 1. The maximum absolute atomic E-state index is 6.18. The van der Waals surface area contributed by atoms with Gasteiger partial charge in [0, 0.05) is 43.8 Å². The Labute approximate surface area is 197 Å². The van der Waals surface area contributed by atoms with Gasteiger partial charge in [0.05, 0.1) is 12.4 Å². The molecule has 1 radical (unpaired) electrons. The smallest absolute Gasteiger partial charge is 0.187 e. The van der Waals surface area contributed by atoms with Gasteiger partial charge in [-0.15, -0.1) is 12.1 Å². The third-order valence-electron chi connectivity index (χ3n) is 4.44. The van der Waals surface area contributed by atoms with Gasteiger partial charge in [-0.2, -0.15) is 18.1 Å². The van der Waals surface area contributed by atoms with E-state index in [9.17, 15) is 0 Å². The quantitative estimate of drug-likeness (QED) is 0.310. The van der Waals surface area contributed by atoms with E-state index in [0.717, 1.165) is 33.9 Å². The first-order valence-corrected chi connectivity index (χ1v) is 9.50. The van der Waals surface area contributed by atoms with Crippen LogP contribution in [0.4, 0.5) is 0 Å². The van der Waals surface area contributed by atoms with Gasteiger partial charge in [-0.25, -0.2) is 4.98 Å². The summed E-state index contributed by atoms with van der Waals surface area (Å²) >= 11 is 0. The van der Waals surface area contributed by atoms with Gasteiger partial charge in [-0.1, -0.05) is 60.7 Å². The molecule has 0 saturated heterocycles. The molecule has 0 atom stereocenters. The fourth-order valence-corrected chi connectivity index (χ4v) is 3.13. The molecular weight excluding hydrogens is 435 g/mol. The van der Waals surface area contributed by atoms with Crippen molar-refractivity contribution in [1.29, 1.82) is 0 Å². The van der Waals surface area contributed by atoms with Crippen LogP contribution in [0.5, 0.6) is 5.75 Å². The zero-order valence-electron chi connectivity index (χ0n) is 16.4. The minimum atomic E-state index is 0. The SMILES string of the molecule is CCOc1cccc([CH-]Cc2nc(-c3ccccc3)c(-c3ccccc3)o2)c1.[Y]. The van der Waals surface area contributed by atoms with Crippen molar-refractivity contribution in [2.24, 2.45) is 0 Å². The molecule has 0 spiro atoms. The molecule has 0 aliphatic carbocycles. The first kappa shape index (κ1) is 21.4. The van der Waals surface area contributed by atoms with E-state index in [4.69, 9.17) is 14.1 Å². The van der Waals surface area contributed by atoms with Crippen molar-refractivity contribution < 1.29 is 41.9 Å². The van der Waals surface area contributed by atoms with Gasteiger partial charge in [0.15, 0.2) is 11.7 Å². The van der Waals surface area contributed by atoms with E-state index in [0.29, 0.717) is 18.9 Å². The van der Waals surface area contributed by atoms with Crippen molar-refractivity contribution in [2.45, 2.75) is 13.3 Å². The van der Waals surface area contributed by atoms with Crippen molar-refractivity contribution in [3.8, 4) is 28.3 Å². The van der Waals surface area contributed by atoms with Gasteiger partial charge in [-0.05, 0) is 19.4 Å². The second-order valence-corrected chi connectivity index (χ2v) is 6.43. The Kier molecular flexibility index (Phi) is 7.68. The summed E-state index contributed by atoms with van der Waals surface area (Å²) in [5, 5.41) is 0. The summed E-state index contributed by atoms with van der Waals surface area (Å²) in [5.41, 5.74) is 4.04. The average molecular weight is 457 g/mol. The Hall–Kier alpha value is -2.36. The Morgan fingerprint density at radius 3 is 2.24 bits per heavy atom. The molecule has 0 aliphatic rings. The van der Waals surface area contributed by atoms with Gasteiger partial charge < -0.3 is 9.15 Å². The standard InChI is InChI=1S/C25H22NO2.Y/c1-2-27-22-15-9-10-19(18-22)16-17-23-26-24(20-11-5-3-6-12-20)25(28-23)21-13-7-4-8-14-21;/h3-16,18H,2,17H2,1H3;/q-1;. The molecule has 0 unspecified atom stereocenters. The molecule has 0 saturated carbocycles. The molecular formula is C25H22NO2Y-. The molecule has 3 aromatic carbocycles. The predicted octanol–water partition coefficient (Wildman–Crippen LogP) is 6.20. The van der Waals surface area contributed by atoms with E-state index in [-0.39, 0.29) is 32.7 Å². The summed E-state index contributed by atoms with van der Waals surface area (Å²) in [4.78, 5) is 4.80. The molecule has 0 aliphatic heterocycles. The Bertz CT molecular complexity index is 972. The van der Waals surface area contributed by atoms with E-state index in [2.05, 4.69) is 24.6 Å². The van der Waals surface area contributed by atoms with Crippen molar-refractivity contribution in [2.75, 3.05) is 6.61 Å². The van der Waals surface area contributed by atoms with Gasteiger partial charge in [0.1, 0.15) is 5.69 Å². The van der Waals surface area contributed by atoms with Gasteiger partial charge in [0.25, 0.3) is 0 Å². The minimum Gasteiger partial charge on any atom is -0.507 e. The predicted molar refractivity (Wildman–Crippen MR) is 112 cm³/mol. The average Bonchev–Trinajstić information content (AvgIpc) is 3.19. The number of benzene rings is 3. The van der Waals surface area contributed by atoms with Crippen LogP contribution in [0.25, 0.3) is 22.6 Å². The zero-order chi connectivity index (χ0) is 19.2. The van der Waals surface area contributed by atoms with Crippen LogP contribution in [0.1, 0.15) is 18.4 Å². The van der Waals surface area contributed by atoms with Crippen LogP contribution < -0.4 is 4.74 Å². The molecule has 1 heterocycles. The molecule has 0 amide bonds. The summed E-state index contributed by atoms with van der Waals surface area (Å²) in [6.07, 6.45) is 2.72. The Morgan fingerprint density at radius 1 is 0.862 bits per heavy atom. The normalized spacial score (nSPS) is 10.2. The molecule has 0 bridgehead atoms. The van der Waals surface area contributed by atoms with Gasteiger partial charge in [-0.3, -0.25) is 0 Å². The van der Waals surface area contributed by atoms with E-state index in [1.165, 1.54) is 0 Å². The largest absolute Gasteiger partial charge is 0.507 e. The second-order valence-electron chi connectivity index (χ2n) is 6.43. The van der Waals surface area contributed by atoms with Crippen LogP contribution in [0.2, 0.25) is 0 Å². The van der Waals surface area contributed by atoms with E-state index < -0.39 is 0 Å². The number of hydrogen-bond donors (Lipinski definition) is 0. The monoisotopic (exact) mass is 457 g/mol. The van der Waals surface area contributed by atoms with Crippen molar-refractivity contribution in [1.82, 2.24) is 4.98 Å². The molecule has 4 aromatic rings. The van der Waals surface area contributed by atoms with E-state index in [1.54, 1.807) is 0 Å². The van der Waals surface area contributed by atoms with E-state index in [1.807, 2.05) is 73.7 Å². The number of nitrogens with zero attached hydrogens (tertiary/aromatic N) is 1. The summed E-state index contributed by atoms with van der Waals surface area (Å²) < 4.78 is 11.8. The minimum absolute atomic E-state index is 0. The Balaban J connectivity index is 0.00000240. The van der Waals surface area contributed by atoms with Crippen LogP contribution in [0, 0.1) is 6.42 Å². The molecule has 0 fully saturated rings. The van der Waals surface area contributed by atoms with Crippen LogP contribution in [0.3, 0.4) is 0 Å². The molecule has 143 valence electrons. The second kappa shape index (κ2) is 10.4. The van der Waals surface area contributed by atoms with Crippen molar-refractivity contribution >= 4 is 0 Å². The van der Waals surface area contributed by atoms with Gasteiger partial charge in [0.2, 0.25) is 0 Å². The molecule has 3 nitrogen and oxygen atoms in total. The summed E-state index contributed by atoms with van der Waals surface area (Å²) in [6.45, 7) is 2.64. The molecule has 29 heavy (non-hydrogen) atoms. The summed E-state index contributed by atoms with van der Waals surface area (Å²) in [7, 11) is 0. The van der Waals surface area contributed by atoms with Crippen LogP contribution in [-0.4, -0.2) is 11.6 Å². The van der Waals surface area contributed by atoms with Crippen molar-refractivity contribution in [3.05, 3.63) is 103 Å². The van der Waals surface area contributed by atoms with E-state index >= 15 is 0 Å². The van der Waals surface area contributed by atoms with Gasteiger partial charge >= 0.3 is 0 Å². The molecule has 4 heteroatoms. The summed E-state index contributed by atoms with van der Waals surface area (Å²) in [6, 6.07) is 28.3. The van der Waals surface area contributed by atoms with Crippen molar-refractivity contribution in [3.63, 3.8) is 0 Å². The third-order valence-corrected chi connectivity index (χ3v) is 4.44. The molecule has 0 N–H and O–H groups in total. The molecule has 4 rings (SSSR count). The first-order valence-electron chi connectivity index (χ1n) is 9.50. The molecule has 1 aromatic heterocycles. The first-order chi connectivity index (χ1) is 13.8. The third kappa shape index (κ3) is 5.38. The number of hydrogen-bond acceptors (Lipinski definition) is 3. The van der Waals surface area contributed by atoms with Crippen LogP contribution >= 0.6 is 0 Å².